The molecule has 1 aromatic heterocycles. The quantitative estimate of drug-likeness (QED) is 0.268. The predicted octanol–water partition coefficient (Wildman–Crippen LogP) is 4.50. The first-order valence-electron chi connectivity index (χ1n) is 12.4. The molecule has 2 aromatic rings. The summed E-state index contributed by atoms with van der Waals surface area (Å²) in [6, 6.07) is 8.20. The molecule has 1 N–H and O–H groups in total. The van der Waals surface area contributed by atoms with E-state index in [-0.39, 0.29) is 18.3 Å². The Hall–Kier alpha value is -3.16. The number of nitrogens with zero attached hydrogens (tertiary/aromatic N) is 2. The number of carbonyl (C=O) groups excluding carboxylic acids is 2. The number of imidazole rings is 1. The van der Waals surface area contributed by atoms with Crippen LogP contribution in [0.4, 0.5) is 0 Å². The largest absolute Gasteiger partial charge is 0.481 e. The average molecular weight is 485 g/mol. The van der Waals surface area contributed by atoms with E-state index in [9.17, 15) is 19.5 Å². The van der Waals surface area contributed by atoms with Crippen molar-refractivity contribution >= 4 is 17.9 Å². The van der Waals surface area contributed by atoms with Gasteiger partial charge in [-0.3, -0.25) is 14.4 Å². The lowest BCUT2D eigenvalue weighted by molar-refractivity contribution is -0.198. The lowest BCUT2D eigenvalue weighted by atomic mass is 9.93. The van der Waals surface area contributed by atoms with Crippen molar-refractivity contribution < 1.29 is 29.0 Å². The first-order chi connectivity index (χ1) is 16.7. The summed E-state index contributed by atoms with van der Waals surface area (Å²) in [6.07, 6.45) is 4.65. The van der Waals surface area contributed by atoms with E-state index in [1.54, 1.807) is 20.2 Å². The number of carboxylic acids is 1. The molecule has 2 heterocycles. The van der Waals surface area contributed by atoms with Crippen LogP contribution in [-0.2, 0) is 43.1 Å². The third-order valence-corrected chi connectivity index (χ3v) is 6.30. The van der Waals surface area contributed by atoms with Gasteiger partial charge >= 0.3 is 17.9 Å². The second-order valence-electron chi connectivity index (χ2n) is 9.82. The number of rotatable bonds is 12. The third kappa shape index (κ3) is 6.93. The van der Waals surface area contributed by atoms with Gasteiger partial charge in [0.25, 0.3) is 0 Å². The van der Waals surface area contributed by atoms with Crippen LogP contribution < -0.4 is 0 Å². The number of ether oxygens (including phenoxy) is 2. The second-order valence-corrected chi connectivity index (χ2v) is 9.82. The van der Waals surface area contributed by atoms with Gasteiger partial charge in [-0.05, 0) is 37.3 Å². The molecule has 8 nitrogen and oxygen atoms in total. The molecular weight excluding hydrogens is 448 g/mol. The van der Waals surface area contributed by atoms with E-state index in [1.165, 1.54) is 5.56 Å². The highest BCUT2D eigenvalue weighted by molar-refractivity contribution is 5.73. The maximum atomic E-state index is 12.3. The number of para-hydroxylation sites is 1. The highest BCUT2D eigenvalue weighted by Gasteiger charge is 2.26. The summed E-state index contributed by atoms with van der Waals surface area (Å²) in [4.78, 5) is 40.6. The van der Waals surface area contributed by atoms with Gasteiger partial charge in [0.1, 0.15) is 0 Å². The van der Waals surface area contributed by atoms with Crippen molar-refractivity contribution in [2.45, 2.75) is 78.9 Å². The summed E-state index contributed by atoms with van der Waals surface area (Å²) >= 11 is 0. The summed E-state index contributed by atoms with van der Waals surface area (Å²) in [5, 5.41) is 9.78. The van der Waals surface area contributed by atoms with Gasteiger partial charge in [-0.1, -0.05) is 52.3 Å². The van der Waals surface area contributed by atoms with Crippen molar-refractivity contribution in [2.24, 2.45) is 17.8 Å². The topological polar surface area (TPSA) is 108 Å². The summed E-state index contributed by atoms with van der Waals surface area (Å²) in [5.74, 6) is -2.76. The number of aryl methyl sites for hydroxylation is 1. The number of fused-ring (bicyclic) bond motifs is 3. The molecule has 1 aliphatic rings. The molecule has 0 saturated heterocycles. The molecule has 0 saturated carbocycles. The van der Waals surface area contributed by atoms with Crippen LogP contribution in [0.25, 0.3) is 5.69 Å². The third-order valence-electron chi connectivity index (χ3n) is 6.30. The molecule has 0 fully saturated rings. The fraction of sp³-hybridized carbons (Fsp3) is 0.556. The molecule has 2 atom stereocenters. The molecule has 0 spiro atoms. The standard InChI is InChI=1S/C27H36N2O6/c1-17(2)26(33)35-27(18(3)4)34-24(30)12-8-6-10-20(25(31)32)15-21-23-14-13-19-9-5-7-11-22(19)29(23)16-28-21/h5,7,9,11,16-18,20,27H,6,8,10,12-15H2,1-4H3,(H,31,32)/t20-,27?/m0/s1. The molecule has 1 unspecified atom stereocenters. The SMILES string of the molecule is CC(C)C(=O)OC(OC(=O)CCCC[C@@H](Cc1ncn2c1CCc1ccccc1-2)C(=O)O)C(C)C. The van der Waals surface area contributed by atoms with Gasteiger partial charge < -0.3 is 19.1 Å². The minimum absolute atomic E-state index is 0.144. The van der Waals surface area contributed by atoms with Crippen molar-refractivity contribution in [3.8, 4) is 5.69 Å². The molecule has 1 aromatic carbocycles. The van der Waals surface area contributed by atoms with Gasteiger partial charge in [-0.2, -0.15) is 0 Å². The van der Waals surface area contributed by atoms with Crippen LogP contribution in [0.3, 0.4) is 0 Å². The molecule has 8 heteroatoms. The highest BCUT2D eigenvalue weighted by atomic mass is 16.7. The highest BCUT2D eigenvalue weighted by Crippen LogP contribution is 2.28. The number of aliphatic carboxylic acids is 1. The van der Waals surface area contributed by atoms with Crippen LogP contribution in [0.15, 0.2) is 30.6 Å². The fourth-order valence-electron chi connectivity index (χ4n) is 4.21. The Bertz CT molecular complexity index is 1040. The van der Waals surface area contributed by atoms with E-state index in [4.69, 9.17) is 9.47 Å². The first-order valence-corrected chi connectivity index (χ1v) is 12.4. The van der Waals surface area contributed by atoms with Crippen molar-refractivity contribution in [3.63, 3.8) is 0 Å². The maximum Gasteiger partial charge on any atom is 0.311 e. The van der Waals surface area contributed by atoms with Crippen LogP contribution in [0, 0.1) is 17.8 Å². The number of esters is 2. The van der Waals surface area contributed by atoms with E-state index < -0.39 is 30.1 Å². The lowest BCUT2D eigenvalue weighted by Crippen LogP contribution is -2.30. The van der Waals surface area contributed by atoms with Gasteiger partial charge in [0.05, 0.1) is 23.9 Å². The Labute approximate surface area is 206 Å². The first kappa shape index (κ1) is 26.4. The van der Waals surface area contributed by atoms with Gasteiger partial charge in [-0.25, -0.2) is 4.98 Å². The normalized spacial score (nSPS) is 14.2. The number of carbonyl (C=O) groups is 3. The van der Waals surface area contributed by atoms with Gasteiger partial charge in [0.15, 0.2) is 0 Å². The molecular formula is C27H36N2O6. The Kier molecular flexibility index (Phi) is 9.07. The van der Waals surface area contributed by atoms with Crippen LogP contribution in [0.1, 0.15) is 70.3 Å². The predicted molar refractivity (Wildman–Crippen MR) is 130 cm³/mol. The maximum absolute atomic E-state index is 12.3. The monoisotopic (exact) mass is 484 g/mol. The summed E-state index contributed by atoms with van der Waals surface area (Å²) in [7, 11) is 0. The Morgan fingerprint density at radius 2 is 1.80 bits per heavy atom. The zero-order valence-electron chi connectivity index (χ0n) is 21.0. The minimum Gasteiger partial charge on any atom is -0.481 e. The number of carboxylic acid groups (broad SMARTS) is 1. The zero-order chi connectivity index (χ0) is 25.5. The van der Waals surface area contributed by atoms with Crippen LogP contribution in [0.5, 0.6) is 0 Å². The number of aromatic nitrogens is 2. The zero-order valence-corrected chi connectivity index (χ0v) is 21.0. The minimum atomic E-state index is -0.915. The number of unbranched alkanes of at least 4 members (excludes halogenated alkanes) is 1. The molecule has 0 amide bonds. The summed E-state index contributed by atoms with van der Waals surface area (Å²) in [6.45, 7) is 7.07. The Morgan fingerprint density at radius 1 is 1.06 bits per heavy atom. The van der Waals surface area contributed by atoms with Gasteiger partial charge in [-0.15, -0.1) is 0 Å². The lowest BCUT2D eigenvalue weighted by Gasteiger charge is -2.22. The van der Waals surface area contributed by atoms with E-state index in [0.717, 1.165) is 29.9 Å². The van der Waals surface area contributed by atoms with Crippen molar-refractivity contribution in [1.82, 2.24) is 9.55 Å². The van der Waals surface area contributed by atoms with E-state index in [0.29, 0.717) is 25.7 Å². The number of hydrogen-bond donors (Lipinski definition) is 1. The van der Waals surface area contributed by atoms with Crippen LogP contribution in [-0.4, -0.2) is 38.9 Å². The van der Waals surface area contributed by atoms with Crippen molar-refractivity contribution in [2.75, 3.05) is 0 Å². The second kappa shape index (κ2) is 12.0. The molecule has 35 heavy (non-hydrogen) atoms. The van der Waals surface area contributed by atoms with E-state index >= 15 is 0 Å². The summed E-state index contributed by atoms with van der Waals surface area (Å²) < 4.78 is 12.7. The summed E-state index contributed by atoms with van der Waals surface area (Å²) in [5.41, 5.74) is 4.29. The van der Waals surface area contributed by atoms with Crippen LogP contribution >= 0.6 is 0 Å². The average Bonchev–Trinajstić information content (AvgIpc) is 3.23. The molecule has 3 rings (SSSR count). The van der Waals surface area contributed by atoms with E-state index in [1.807, 2.05) is 26.0 Å². The van der Waals surface area contributed by atoms with Crippen molar-refractivity contribution in [1.29, 1.82) is 0 Å². The molecule has 0 radical (unpaired) electrons. The smallest absolute Gasteiger partial charge is 0.311 e. The van der Waals surface area contributed by atoms with Crippen molar-refractivity contribution in [3.05, 3.63) is 47.5 Å². The molecule has 0 aliphatic carbocycles. The molecule has 1 aliphatic heterocycles. The van der Waals surface area contributed by atoms with Crippen LogP contribution in [0.2, 0.25) is 0 Å². The molecule has 190 valence electrons. The number of hydrogen-bond acceptors (Lipinski definition) is 6. The molecule has 0 bridgehead atoms. The van der Waals surface area contributed by atoms with E-state index in [2.05, 4.69) is 21.7 Å². The van der Waals surface area contributed by atoms with Gasteiger partial charge in [0.2, 0.25) is 6.29 Å². The van der Waals surface area contributed by atoms with Gasteiger partial charge in [0, 0.05) is 30.1 Å². The Balaban J connectivity index is 1.50. The fourth-order valence-corrected chi connectivity index (χ4v) is 4.21. The Morgan fingerprint density at radius 3 is 2.49 bits per heavy atom. The number of benzene rings is 1.